The molecule has 0 N–H and O–H groups in total. The summed E-state index contributed by atoms with van der Waals surface area (Å²) >= 11 is 0. The van der Waals surface area contributed by atoms with Crippen LogP contribution in [0.2, 0.25) is 0 Å². The Morgan fingerprint density at radius 3 is 2.45 bits per heavy atom. The molecule has 2 aromatic rings. The number of benzene rings is 2. The Morgan fingerprint density at radius 1 is 1.10 bits per heavy atom. The van der Waals surface area contributed by atoms with Crippen molar-refractivity contribution in [1.82, 2.24) is 4.90 Å². The number of ketones is 1. The summed E-state index contributed by atoms with van der Waals surface area (Å²) < 4.78 is 11.2. The summed E-state index contributed by atoms with van der Waals surface area (Å²) in [6.45, 7) is 3.95. The molecule has 0 bridgehead atoms. The number of allylic oxidation sites excluding steroid dienone is 1. The van der Waals surface area contributed by atoms with Crippen LogP contribution in [0.4, 0.5) is 0 Å². The number of carbonyl (C=O) groups excluding carboxylic acids is 2. The third-order valence-electron chi connectivity index (χ3n) is 4.18. The molecule has 6 heteroatoms. The first-order chi connectivity index (χ1) is 13.9. The number of hydrogen-bond acceptors (Lipinski definition) is 5. The topological polar surface area (TPSA) is 79.6 Å². The van der Waals surface area contributed by atoms with Gasteiger partial charge in [-0.25, -0.2) is 0 Å². The summed E-state index contributed by atoms with van der Waals surface area (Å²) in [6, 6.07) is 14.2. The maximum Gasteiger partial charge on any atom is 0.259 e. The van der Waals surface area contributed by atoms with Crippen molar-refractivity contribution >= 4 is 17.8 Å². The Hall–Kier alpha value is -3.59. The standard InChI is InChI=1S/C23H24N2O4/c1-5-28-21-13-17(10-11-20(21)29-15-22(26)25(3)4)12-18(14-24)23(27)19-9-7-6-8-16(19)2/h6-13H,5,15H2,1-4H3/b18-12+. The number of likely N-dealkylation sites (N-methyl/N-ethyl adjacent to an activating group) is 1. The molecule has 2 rings (SSSR count). The van der Waals surface area contributed by atoms with Gasteiger partial charge in [0.1, 0.15) is 11.6 Å². The molecule has 0 unspecified atom stereocenters. The van der Waals surface area contributed by atoms with Gasteiger partial charge >= 0.3 is 0 Å². The molecule has 1 amide bonds. The highest BCUT2D eigenvalue weighted by Gasteiger charge is 2.15. The lowest BCUT2D eigenvalue weighted by molar-refractivity contribution is -0.130. The molecule has 2 aromatic carbocycles. The molecule has 6 nitrogen and oxygen atoms in total. The maximum absolute atomic E-state index is 12.7. The van der Waals surface area contributed by atoms with Gasteiger partial charge in [-0.05, 0) is 43.2 Å². The summed E-state index contributed by atoms with van der Waals surface area (Å²) in [7, 11) is 3.30. The van der Waals surface area contributed by atoms with Gasteiger partial charge < -0.3 is 14.4 Å². The van der Waals surface area contributed by atoms with E-state index in [1.54, 1.807) is 44.4 Å². The van der Waals surface area contributed by atoms with Crippen molar-refractivity contribution in [2.45, 2.75) is 13.8 Å². The predicted molar refractivity (Wildman–Crippen MR) is 111 cm³/mol. The Bertz CT molecular complexity index is 971. The number of aryl methyl sites for hydroxylation is 1. The molecule has 0 aliphatic heterocycles. The summed E-state index contributed by atoms with van der Waals surface area (Å²) in [5.41, 5.74) is 1.95. The SMILES string of the molecule is CCOc1cc(/C=C(\C#N)C(=O)c2ccccc2C)ccc1OCC(=O)N(C)C. The Kier molecular flexibility index (Phi) is 7.55. The fourth-order valence-corrected chi connectivity index (χ4v) is 2.56. The van der Waals surface area contributed by atoms with Crippen molar-refractivity contribution in [2.24, 2.45) is 0 Å². The van der Waals surface area contributed by atoms with Gasteiger partial charge in [0.2, 0.25) is 5.78 Å². The number of nitrogens with zero attached hydrogens (tertiary/aromatic N) is 2. The van der Waals surface area contributed by atoms with Gasteiger partial charge in [-0.1, -0.05) is 30.3 Å². The van der Waals surface area contributed by atoms with Crippen LogP contribution < -0.4 is 9.47 Å². The van der Waals surface area contributed by atoms with Crippen molar-refractivity contribution in [1.29, 1.82) is 5.26 Å². The summed E-state index contributed by atoms with van der Waals surface area (Å²) in [4.78, 5) is 25.9. The zero-order chi connectivity index (χ0) is 21.4. The van der Waals surface area contributed by atoms with E-state index in [9.17, 15) is 14.9 Å². The highest BCUT2D eigenvalue weighted by atomic mass is 16.5. The normalized spacial score (nSPS) is 10.8. The summed E-state index contributed by atoms with van der Waals surface area (Å²) in [5, 5.41) is 9.50. The van der Waals surface area contributed by atoms with E-state index >= 15 is 0 Å². The second-order valence-electron chi connectivity index (χ2n) is 6.53. The Morgan fingerprint density at radius 2 is 1.83 bits per heavy atom. The number of hydrogen-bond donors (Lipinski definition) is 0. The minimum absolute atomic E-state index is 0.0261. The van der Waals surface area contributed by atoms with E-state index in [0.29, 0.717) is 29.2 Å². The van der Waals surface area contributed by atoms with Crippen LogP contribution in [-0.2, 0) is 4.79 Å². The summed E-state index contributed by atoms with van der Waals surface area (Å²) in [6.07, 6.45) is 1.52. The predicted octanol–water partition coefficient (Wildman–Crippen LogP) is 3.65. The van der Waals surface area contributed by atoms with E-state index in [0.717, 1.165) is 5.56 Å². The maximum atomic E-state index is 12.7. The molecular formula is C23H24N2O4. The number of ether oxygens (including phenoxy) is 2. The van der Waals surface area contributed by atoms with Crippen LogP contribution >= 0.6 is 0 Å². The largest absolute Gasteiger partial charge is 0.490 e. The van der Waals surface area contributed by atoms with E-state index in [-0.39, 0.29) is 23.9 Å². The number of Topliss-reactive ketones (excluding diaryl/α,β-unsaturated/α-hetero) is 1. The van der Waals surface area contributed by atoms with Gasteiger partial charge in [0.25, 0.3) is 5.91 Å². The molecule has 0 atom stereocenters. The number of nitriles is 1. The van der Waals surface area contributed by atoms with Gasteiger partial charge in [0.05, 0.1) is 6.61 Å². The third kappa shape index (κ3) is 5.69. The number of carbonyl (C=O) groups is 2. The highest BCUT2D eigenvalue weighted by Crippen LogP contribution is 2.30. The van der Waals surface area contributed by atoms with Crippen molar-refractivity contribution in [3.63, 3.8) is 0 Å². The molecule has 0 saturated heterocycles. The smallest absolute Gasteiger partial charge is 0.259 e. The lowest BCUT2D eigenvalue weighted by atomic mass is 9.98. The first kappa shape index (κ1) is 21.7. The molecule has 29 heavy (non-hydrogen) atoms. The first-order valence-corrected chi connectivity index (χ1v) is 9.19. The average Bonchev–Trinajstić information content (AvgIpc) is 2.71. The van der Waals surface area contributed by atoms with Gasteiger partial charge in [0, 0.05) is 19.7 Å². The van der Waals surface area contributed by atoms with Gasteiger partial charge in [0.15, 0.2) is 18.1 Å². The van der Waals surface area contributed by atoms with E-state index in [2.05, 4.69) is 0 Å². The molecule has 0 saturated carbocycles. The van der Waals surface area contributed by atoms with Crippen molar-refractivity contribution < 1.29 is 19.1 Å². The van der Waals surface area contributed by atoms with Crippen LogP contribution in [-0.4, -0.2) is 43.9 Å². The number of rotatable bonds is 8. The lowest BCUT2D eigenvalue weighted by Crippen LogP contribution is -2.27. The van der Waals surface area contributed by atoms with Crippen LogP contribution in [0.1, 0.15) is 28.4 Å². The molecule has 0 aliphatic carbocycles. The van der Waals surface area contributed by atoms with E-state index in [1.165, 1.54) is 11.0 Å². The average molecular weight is 392 g/mol. The molecular weight excluding hydrogens is 368 g/mol. The zero-order valence-corrected chi connectivity index (χ0v) is 17.1. The van der Waals surface area contributed by atoms with Crippen molar-refractivity contribution in [3.05, 3.63) is 64.7 Å². The van der Waals surface area contributed by atoms with E-state index in [4.69, 9.17) is 9.47 Å². The quantitative estimate of drug-likeness (QED) is 0.389. The second-order valence-corrected chi connectivity index (χ2v) is 6.53. The van der Waals surface area contributed by atoms with Crippen molar-refractivity contribution in [2.75, 3.05) is 27.3 Å². The van der Waals surface area contributed by atoms with Gasteiger partial charge in [-0.2, -0.15) is 5.26 Å². The Balaban J connectivity index is 2.32. The Labute approximate surface area is 171 Å². The van der Waals surface area contributed by atoms with Gasteiger partial charge in [-0.3, -0.25) is 9.59 Å². The van der Waals surface area contributed by atoms with E-state index < -0.39 is 0 Å². The minimum atomic E-state index is -0.333. The van der Waals surface area contributed by atoms with Crippen LogP contribution in [0.25, 0.3) is 6.08 Å². The lowest BCUT2D eigenvalue weighted by Gasteiger charge is -2.14. The van der Waals surface area contributed by atoms with E-state index in [1.807, 2.05) is 32.0 Å². The van der Waals surface area contributed by atoms with Crippen molar-refractivity contribution in [3.8, 4) is 17.6 Å². The van der Waals surface area contributed by atoms with Crippen LogP contribution in [0, 0.1) is 18.3 Å². The van der Waals surface area contributed by atoms with Crippen LogP contribution in [0.15, 0.2) is 48.0 Å². The van der Waals surface area contributed by atoms with Crippen LogP contribution in [0.3, 0.4) is 0 Å². The molecule has 0 spiro atoms. The minimum Gasteiger partial charge on any atom is -0.490 e. The first-order valence-electron chi connectivity index (χ1n) is 9.19. The molecule has 0 radical (unpaired) electrons. The molecule has 0 aliphatic rings. The highest BCUT2D eigenvalue weighted by molar-refractivity contribution is 6.14. The molecule has 0 fully saturated rings. The van der Waals surface area contributed by atoms with Crippen LogP contribution in [0.5, 0.6) is 11.5 Å². The van der Waals surface area contributed by atoms with Gasteiger partial charge in [-0.15, -0.1) is 0 Å². The third-order valence-corrected chi connectivity index (χ3v) is 4.18. The molecule has 0 aromatic heterocycles. The summed E-state index contributed by atoms with van der Waals surface area (Å²) in [5.74, 6) is 0.351. The zero-order valence-electron chi connectivity index (χ0n) is 17.1. The monoisotopic (exact) mass is 392 g/mol. The molecule has 0 heterocycles. The fourth-order valence-electron chi connectivity index (χ4n) is 2.56. The second kappa shape index (κ2) is 10.1. The molecule has 150 valence electrons. The number of amides is 1. The fraction of sp³-hybridized carbons (Fsp3) is 0.261.